The molecule has 0 bridgehead atoms. The molecule has 0 saturated heterocycles. The van der Waals surface area contributed by atoms with E-state index in [1.54, 1.807) is 14.1 Å². The minimum Gasteiger partial charge on any atom is -0.446 e. The van der Waals surface area contributed by atoms with E-state index in [1.807, 2.05) is 71.4 Å². The van der Waals surface area contributed by atoms with Gasteiger partial charge in [0.25, 0.3) is 5.69 Å². The predicted octanol–water partition coefficient (Wildman–Crippen LogP) is 4.15. The van der Waals surface area contributed by atoms with Gasteiger partial charge in [-0.05, 0) is 12.1 Å². The predicted molar refractivity (Wildman–Crippen MR) is 99.3 cm³/mol. The summed E-state index contributed by atoms with van der Waals surface area (Å²) in [5, 5.41) is 0. The number of hydrogen-bond donors (Lipinski definition) is 0. The van der Waals surface area contributed by atoms with Gasteiger partial charge in [0.15, 0.2) is 17.7 Å². The Morgan fingerprint density at radius 1 is 1.08 bits per heavy atom. The highest BCUT2D eigenvalue weighted by molar-refractivity contribution is 6.05. The van der Waals surface area contributed by atoms with Crippen molar-refractivity contribution in [2.45, 2.75) is 6.42 Å². The Kier molecular flexibility index (Phi) is 4.05. The molecule has 4 rings (SSSR count). The van der Waals surface area contributed by atoms with Crippen LogP contribution in [0.4, 0.5) is 10.5 Å². The number of para-hydroxylation sites is 2. The summed E-state index contributed by atoms with van der Waals surface area (Å²) < 4.78 is 14.0. The fourth-order valence-electron chi connectivity index (χ4n) is 2.98. The number of allylic oxidation sites excluding steroid dienone is 2. The van der Waals surface area contributed by atoms with Gasteiger partial charge in [0.05, 0.1) is 6.42 Å². The molecule has 5 nitrogen and oxygen atoms in total. The molecular formula is C21H19N2O3+. The molecule has 0 saturated carbocycles. The number of fused-ring (bicyclic) bond motifs is 2. The maximum atomic E-state index is 12.3. The lowest BCUT2D eigenvalue weighted by Crippen LogP contribution is -2.26. The summed E-state index contributed by atoms with van der Waals surface area (Å²) in [6.45, 7) is 0. The van der Waals surface area contributed by atoms with Crippen LogP contribution in [-0.4, -0.2) is 35.4 Å². The van der Waals surface area contributed by atoms with Crippen molar-refractivity contribution >= 4 is 23.3 Å². The van der Waals surface area contributed by atoms with E-state index in [2.05, 4.69) is 0 Å². The first-order chi connectivity index (χ1) is 12.6. The second-order valence-electron chi connectivity index (χ2n) is 6.26. The van der Waals surface area contributed by atoms with Gasteiger partial charge in [-0.3, -0.25) is 0 Å². The summed E-state index contributed by atoms with van der Waals surface area (Å²) in [5.41, 5.74) is 2.65. The summed E-state index contributed by atoms with van der Waals surface area (Å²) >= 11 is 0. The summed E-state index contributed by atoms with van der Waals surface area (Å²) in [7, 11) is 3.32. The van der Waals surface area contributed by atoms with Gasteiger partial charge in [0.1, 0.15) is 0 Å². The van der Waals surface area contributed by atoms with Crippen molar-refractivity contribution in [3.05, 3.63) is 78.2 Å². The smallest absolute Gasteiger partial charge is 0.415 e. The second kappa shape index (κ2) is 6.52. The maximum Gasteiger partial charge on any atom is 0.415 e. The molecular weight excluding hydrogens is 328 g/mol. The molecule has 0 atom stereocenters. The summed E-state index contributed by atoms with van der Waals surface area (Å²) in [4.78, 5) is 13.7. The fraction of sp³-hybridized carbons (Fsp3) is 0.143. The first kappa shape index (κ1) is 16.1. The number of rotatable bonds is 2. The monoisotopic (exact) mass is 347 g/mol. The van der Waals surface area contributed by atoms with Crippen molar-refractivity contribution in [1.82, 2.24) is 4.90 Å². The lowest BCUT2D eigenvalue weighted by Gasteiger charge is -2.15. The van der Waals surface area contributed by atoms with E-state index in [1.165, 1.54) is 4.90 Å². The number of carbonyl (C=O) groups excluding carboxylic acids is 1. The number of carbonyl (C=O) groups is 1. The zero-order valence-electron chi connectivity index (χ0n) is 14.7. The molecule has 5 heteroatoms. The number of amides is 1. The van der Waals surface area contributed by atoms with Crippen molar-refractivity contribution < 1.29 is 18.8 Å². The Labute approximate surface area is 152 Å². The van der Waals surface area contributed by atoms with Crippen LogP contribution < -0.4 is 4.74 Å². The van der Waals surface area contributed by atoms with Gasteiger partial charge >= 0.3 is 6.09 Å². The van der Waals surface area contributed by atoms with E-state index in [0.29, 0.717) is 23.7 Å². The maximum absolute atomic E-state index is 12.3. The van der Waals surface area contributed by atoms with Gasteiger partial charge in [-0.1, -0.05) is 42.5 Å². The van der Waals surface area contributed by atoms with Crippen LogP contribution in [0, 0.1) is 0 Å². The largest absolute Gasteiger partial charge is 0.446 e. The Hall–Kier alpha value is -3.34. The van der Waals surface area contributed by atoms with Crippen LogP contribution in [0.25, 0.3) is 5.76 Å². The molecule has 2 heterocycles. The van der Waals surface area contributed by atoms with E-state index < -0.39 is 6.09 Å². The van der Waals surface area contributed by atoms with Crippen molar-refractivity contribution in [2.75, 3.05) is 14.1 Å². The molecule has 0 unspecified atom stereocenters. The fourth-order valence-corrected chi connectivity index (χ4v) is 2.98. The molecule has 1 amide bonds. The molecule has 2 aliphatic rings. The summed E-state index contributed by atoms with van der Waals surface area (Å²) in [6.07, 6.45) is 4.24. The first-order valence-electron chi connectivity index (χ1n) is 8.43. The number of ether oxygens (including phenoxy) is 2. The van der Waals surface area contributed by atoms with Crippen LogP contribution in [0.3, 0.4) is 0 Å². The van der Waals surface area contributed by atoms with Gasteiger partial charge in [-0.2, -0.15) is 4.58 Å². The van der Waals surface area contributed by atoms with Gasteiger partial charge < -0.3 is 14.4 Å². The van der Waals surface area contributed by atoms with E-state index in [-0.39, 0.29) is 0 Å². The van der Waals surface area contributed by atoms with E-state index in [9.17, 15) is 4.79 Å². The molecule has 0 N–H and O–H groups in total. The molecule has 2 aliphatic heterocycles. The van der Waals surface area contributed by atoms with Crippen LogP contribution in [0.2, 0.25) is 0 Å². The highest BCUT2D eigenvalue weighted by Crippen LogP contribution is 2.38. The van der Waals surface area contributed by atoms with Crippen molar-refractivity contribution in [3.63, 3.8) is 0 Å². The standard InChI is InChI=1S/C21H19N2O3/c1-22(2)21(24)26-20-17-12-8-14-23(17)16-11-6-7-13-18(16)25-19(20)15-9-4-3-5-10-15/h3-11,13-14H,12H2,1-2H3/q+1. The highest BCUT2D eigenvalue weighted by atomic mass is 16.6. The quantitative estimate of drug-likeness (QED) is 0.767. The van der Waals surface area contributed by atoms with Gasteiger partial charge in [-0.15, -0.1) is 0 Å². The molecule has 0 aromatic heterocycles. The second-order valence-corrected chi connectivity index (χ2v) is 6.26. The highest BCUT2D eigenvalue weighted by Gasteiger charge is 2.36. The first-order valence-corrected chi connectivity index (χ1v) is 8.43. The lowest BCUT2D eigenvalue weighted by molar-refractivity contribution is -0.357. The molecule has 0 aliphatic carbocycles. The van der Waals surface area contributed by atoms with Crippen molar-refractivity contribution in [1.29, 1.82) is 0 Å². The van der Waals surface area contributed by atoms with E-state index in [4.69, 9.17) is 9.47 Å². The van der Waals surface area contributed by atoms with Crippen LogP contribution in [0.1, 0.15) is 12.0 Å². The molecule has 130 valence electrons. The average molecular weight is 347 g/mol. The molecule has 0 spiro atoms. The number of nitrogens with zero attached hydrogens (tertiary/aromatic N) is 2. The van der Waals surface area contributed by atoms with Gasteiger partial charge in [0.2, 0.25) is 11.5 Å². The Morgan fingerprint density at radius 3 is 2.58 bits per heavy atom. The minimum absolute atomic E-state index is 0.441. The lowest BCUT2D eigenvalue weighted by atomic mass is 10.1. The molecule has 26 heavy (non-hydrogen) atoms. The van der Waals surface area contributed by atoms with Crippen LogP contribution in [0.15, 0.2) is 72.6 Å². The van der Waals surface area contributed by atoms with E-state index in [0.717, 1.165) is 17.0 Å². The summed E-state index contributed by atoms with van der Waals surface area (Å²) in [5.74, 6) is 1.69. The van der Waals surface area contributed by atoms with Crippen molar-refractivity contribution in [2.24, 2.45) is 0 Å². The van der Waals surface area contributed by atoms with Gasteiger partial charge in [-0.25, -0.2) is 4.79 Å². The molecule has 2 aromatic carbocycles. The third kappa shape index (κ3) is 2.77. The summed E-state index contributed by atoms with van der Waals surface area (Å²) in [6, 6.07) is 17.5. The minimum atomic E-state index is -0.442. The van der Waals surface area contributed by atoms with E-state index >= 15 is 0 Å². The van der Waals surface area contributed by atoms with Crippen molar-refractivity contribution in [3.8, 4) is 5.75 Å². The average Bonchev–Trinajstić information content (AvgIpc) is 3.10. The zero-order valence-corrected chi connectivity index (χ0v) is 14.7. The Morgan fingerprint density at radius 2 is 1.81 bits per heavy atom. The normalized spacial score (nSPS) is 15.2. The third-order valence-electron chi connectivity index (χ3n) is 4.25. The third-order valence-corrected chi connectivity index (χ3v) is 4.25. The van der Waals surface area contributed by atoms with Crippen LogP contribution in [0.5, 0.6) is 5.75 Å². The number of benzene rings is 2. The Bertz CT molecular complexity index is 956. The molecule has 0 fully saturated rings. The SMILES string of the molecule is CN(C)C(=O)OC1=C(c2ccccc2)Oc2ccccc2[N+]2=C1CC=C2. The number of hydrogen-bond acceptors (Lipinski definition) is 3. The molecule has 2 aromatic rings. The van der Waals surface area contributed by atoms with Crippen LogP contribution >= 0.6 is 0 Å². The zero-order chi connectivity index (χ0) is 18.1. The topological polar surface area (TPSA) is 41.8 Å². The Balaban J connectivity index is 1.94. The van der Waals surface area contributed by atoms with Gasteiger partial charge in [0, 0.05) is 25.7 Å². The van der Waals surface area contributed by atoms with Crippen LogP contribution in [-0.2, 0) is 4.74 Å². The molecule has 0 radical (unpaired) electrons.